The number of rotatable bonds is 15. The van der Waals surface area contributed by atoms with E-state index in [0.717, 1.165) is 57.8 Å². The molecule has 0 rings (SSSR count). The monoisotopic (exact) mass is 324 g/mol. The largest absolute Gasteiger partial charge is 0.481 e. The van der Waals surface area contributed by atoms with Gasteiger partial charge in [-0.2, -0.15) is 0 Å². The highest BCUT2D eigenvalue weighted by Gasteiger charge is 1.95. The summed E-state index contributed by atoms with van der Waals surface area (Å²) in [4.78, 5) is 10.4. The molecular weight excluding hydrogens is 288 g/mol. The predicted octanol–water partition coefficient (Wildman–Crippen LogP) is 5.41. The Kier molecular flexibility index (Phi) is 13.3. The van der Waals surface area contributed by atoms with Crippen LogP contribution in [0.1, 0.15) is 80.2 Å². The molecule has 132 valence electrons. The van der Waals surface area contributed by atoms with Crippen molar-refractivity contribution in [1.82, 2.24) is 0 Å². The highest BCUT2D eigenvalue weighted by atomic mass is 16.4. The first-order chi connectivity index (χ1) is 11.9. The molecule has 0 aromatic carbocycles. The number of hydrogen-bond donors (Lipinski definition) is 2. The Morgan fingerprint density at radius 1 is 1.00 bits per heavy atom. The summed E-state index contributed by atoms with van der Waals surface area (Å²) >= 11 is 0. The first-order valence-corrected chi connectivity index (χ1v) is 8.81. The Morgan fingerprint density at radius 3 is 2.43 bits per heavy atom. The van der Waals surface area contributed by atoms with Crippen molar-refractivity contribution in [3.05, 3.63) is 36.5 Å². The maximum atomic E-state index is 10.4. The molecule has 0 spiro atoms. The lowest BCUT2D eigenvalue weighted by Gasteiger charge is -1.99. The molecule has 0 unspecified atom stereocenters. The lowest BCUT2D eigenvalue weighted by Crippen LogP contribution is -1.98. The van der Waals surface area contributed by atoms with Gasteiger partial charge >= 0.3 is 5.97 Å². The fourth-order valence-electron chi connectivity index (χ4n) is 2.05. The van der Waals surface area contributed by atoms with Crippen LogP contribution in [0.15, 0.2) is 36.5 Å². The van der Waals surface area contributed by atoms with Crippen LogP contribution >= 0.6 is 0 Å². The standard InChI is InChI=1S/C20H34O3/c1-2-3-4-5-10-13-16-19(21)17-14-11-8-6-7-9-12-15-18-20(22)23/h8,10-11,13-14,17,19,21H,2-7,9,12,15-16,18H2,1H3,(H,22,23)/b11-8-,13-10-,17-14+/t19-/m0/s1/i16D2. The van der Waals surface area contributed by atoms with Gasteiger partial charge in [0.1, 0.15) is 0 Å². The van der Waals surface area contributed by atoms with Crippen molar-refractivity contribution in [2.75, 3.05) is 0 Å². The lowest BCUT2D eigenvalue weighted by atomic mass is 10.1. The van der Waals surface area contributed by atoms with Crippen LogP contribution in [0.5, 0.6) is 0 Å². The van der Waals surface area contributed by atoms with Gasteiger partial charge in [-0.15, -0.1) is 0 Å². The van der Waals surface area contributed by atoms with Crippen LogP contribution < -0.4 is 0 Å². The zero-order valence-corrected chi connectivity index (χ0v) is 14.4. The first-order valence-electron chi connectivity index (χ1n) is 9.81. The number of aliphatic hydroxyl groups is 1. The maximum absolute atomic E-state index is 10.4. The van der Waals surface area contributed by atoms with E-state index in [2.05, 4.69) is 6.92 Å². The van der Waals surface area contributed by atoms with Gasteiger partial charge in [0, 0.05) is 9.16 Å². The zero-order valence-electron chi connectivity index (χ0n) is 16.4. The van der Waals surface area contributed by atoms with Crippen molar-refractivity contribution >= 4 is 5.97 Å². The molecule has 0 bridgehead atoms. The van der Waals surface area contributed by atoms with Crippen molar-refractivity contribution in [3.63, 3.8) is 0 Å². The molecule has 0 aromatic rings. The van der Waals surface area contributed by atoms with E-state index in [9.17, 15) is 9.90 Å². The fraction of sp³-hybridized carbons (Fsp3) is 0.650. The van der Waals surface area contributed by atoms with Gasteiger partial charge in [-0.25, -0.2) is 0 Å². The summed E-state index contributed by atoms with van der Waals surface area (Å²) in [7, 11) is 0. The molecule has 0 amide bonds. The predicted molar refractivity (Wildman–Crippen MR) is 97.5 cm³/mol. The quantitative estimate of drug-likeness (QED) is 0.240. The normalized spacial score (nSPS) is 15.4. The number of aliphatic carboxylic acids is 1. The van der Waals surface area contributed by atoms with Crippen LogP contribution in [0.25, 0.3) is 0 Å². The number of carboxylic acids is 1. The molecule has 0 saturated carbocycles. The van der Waals surface area contributed by atoms with Crippen LogP contribution in [0.3, 0.4) is 0 Å². The van der Waals surface area contributed by atoms with Crippen LogP contribution in [0.4, 0.5) is 0 Å². The number of carbonyl (C=O) groups is 1. The van der Waals surface area contributed by atoms with Crippen molar-refractivity contribution < 1.29 is 17.7 Å². The fourth-order valence-corrected chi connectivity index (χ4v) is 2.05. The number of allylic oxidation sites excluding steroid dienone is 4. The molecule has 0 heterocycles. The molecule has 0 aliphatic heterocycles. The topological polar surface area (TPSA) is 57.5 Å². The second-order valence-electron chi connectivity index (χ2n) is 5.67. The Labute approximate surface area is 144 Å². The summed E-state index contributed by atoms with van der Waals surface area (Å²) in [5, 5.41) is 18.5. The third-order valence-electron chi connectivity index (χ3n) is 3.41. The van der Waals surface area contributed by atoms with Gasteiger partial charge in [-0.1, -0.05) is 69.1 Å². The Balaban J connectivity index is 3.91. The molecule has 0 saturated heterocycles. The molecule has 3 nitrogen and oxygen atoms in total. The van der Waals surface area contributed by atoms with E-state index in [1.165, 1.54) is 12.2 Å². The smallest absolute Gasteiger partial charge is 0.303 e. The van der Waals surface area contributed by atoms with Crippen molar-refractivity contribution in [3.8, 4) is 0 Å². The highest BCUT2D eigenvalue weighted by molar-refractivity contribution is 5.66. The van der Waals surface area contributed by atoms with Crippen molar-refractivity contribution in [2.45, 2.75) is 83.6 Å². The summed E-state index contributed by atoms with van der Waals surface area (Å²) in [6, 6.07) is 0. The summed E-state index contributed by atoms with van der Waals surface area (Å²) in [6.07, 6.45) is 16.3. The third kappa shape index (κ3) is 18.6. The third-order valence-corrected chi connectivity index (χ3v) is 3.41. The molecule has 0 aliphatic carbocycles. The van der Waals surface area contributed by atoms with E-state index in [-0.39, 0.29) is 6.42 Å². The number of unbranched alkanes of at least 4 members (excludes halogenated alkanes) is 7. The van der Waals surface area contributed by atoms with E-state index >= 15 is 0 Å². The molecular formula is C20H34O3. The van der Waals surface area contributed by atoms with E-state index in [4.69, 9.17) is 7.85 Å². The minimum absolute atomic E-state index is 0.242. The van der Waals surface area contributed by atoms with Gasteiger partial charge < -0.3 is 10.2 Å². The average molecular weight is 325 g/mol. The zero-order chi connectivity index (χ0) is 19.0. The molecule has 23 heavy (non-hydrogen) atoms. The van der Waals surface area contributed by atoms with Crippen molar-refractivity contribution in [2.24, 2.45) is 0 Å². The number of hydrogen-bond acceptors (Lipinski definition) is 2. The van der Waals surface area contributed by atoms with Gasteiger partial charge in [0.2, 0.25) is 0 Å². The molecule has 2 N–H and O–H groups in total. The molecule has 0 aromatic heterocycles. The average Bonchev–Trinajstić information content (AvgIpc) is 2.55. The molecule has 0 radical (unpaired) electrons. The Bertz CT molecular complexity index is 429. The molecule has 1 atom stereocenters. The highest BCUT2D eigenvalue weighted by Crippen LogP contribution is 2.06. The van der Waals surface area contributed by atoms with E-state index in [1.54, 1.807) is 6.08 Å². The van der Waals surface area contributed by atoms with E-state index in [0.29, 0.717) is 0 Å². The minimum Gasteiger partial charge on any atom is -0.481 e. The van der Waals surface area contributed by atoms with Gasteiger partial charge in [0.15, 0.2) is 0 Å². The molecule has 0 aliphatic rings. The molecule has 0 fully saturated rings. The van der Waals surface area contributed by atoms with Crippen LogP contribution in [-0.2, 0) is 4.79 Å². The lowest BCUT2D eigenvalue weighted by molar-refractivity contribution is -0.137. The van der Waals surface area contributed by atoms with Gasteiger partial charge in [-0.3, -0.25) is 4.79 Å². The van der Waals surface area contributed by atoms with E-state index < -0.39 is 18.4 Å². The van der Waals surface area contributed by atoms with E-state index in [1.807, 2.05) is 18.2 Å². The van der Waals surface area contributed by atoms with Gasteiger partial charge in [0.25, 0.3) is 0 Å². The van der Waals surface area contributed by atoms with Gasteiger partial charge in [0.05, 0.1) is 6.10 Å². The minimum atomic E-state index is -1.75. The second kappa shape index (κ2) is 17.0. The Hall–Kier alpha value is -1.35. The first kappa shape index (κ1) is 18.0. The van der Waals surface area contributed by atoms with Gasteiger partial charge in [-0.05, 0) is 38.5 Å². The number of aliphatic hydroxyl groups excluding tert-OH is 1. The van der Waals surface area contributed by atoms with Crippen molar-refractivity contribution in [1.29, 1.82) is 0 Å². The van der Waals surface area contributed by atoms with Crippen LogP contribution in [0, 0.1) is 0 Å². The van der Waals surface area contributed by atoms with Crippen LogP contribution in [-0.4, -0.2) is 22.3 Å². The summed E-state index contributed by atoms with van der Waals surface area (Å²) in [5.41, 5.74) is 0. The van der Waals surface area contributed by atoms with Crippen LogP contribution in [0.2, 0.25) is 0 Å². The second-order valence-corrected chi connectivity index (χ2v) is 5.67. The SMILES string of the molecule is [2H]C([2H])(/C=C\CCCCC)[C@H](O)/C=C/C=C\CCCCCCC(=O)O. The molecule has 3 heteroatoms. The number of carboxylic acid groups (broad SMARTS) is 1. The summed E-state index contributed by atoms with van der Waals surface area (Å²) < 4.78 is 15.7. The maximum Gasteiger partial charge on any atom is 0.303 e. The summed E-state index contributed by atoms with van der Waals surface area (Å²) in [5.74, 6) is -0.737. The summed E-state index contributed by atoms with van der Waals surface area (Å²) in [6.45, 7) is 2.13. The Morgan fingerprint density at radius 2 is 1.70 bits per heavy atom.